The molecule has 1 fully saturated rings. The molecule has 1 aliphatic rings. The van der Waals surface area contributed by atoms with Gasteiger partial charge in [0.15, 0.2) is 0 Å². The second-order valence-electron chi connectivity index (χ2n) is 9.88. The second kappa shape index (κ2) is 13.5. The minimum absolute atomic E-state index is 0.276. The molecule has 1 aliphatic heterocycles. The van der Waals surface area contributed by atoms with Crippen molar-refractivity contribution < 1.29 is 18.2 Å². The molecule has 3 heterocycles. The van der Waals surface area contributed by atoms with Gasteiger partial charge < -0.3 is 39.2 Å². The van der Waals surface area contributed by atoms with Crippen LogP contribution in [0.3, 0.4) is 0 Å². The molecular weight excluding hydrogens is 544 g/mol. The van der Waals surface area contributed by atoms with Crippen molar-refractivity contribution in [2.75, 3.05) is 70.2 Å². The van der Waals surface area contributed by atoms with Gasteiger partial charge in [-0.15, -0.1) is 0 Å². The first kappa shape index (κ1) is 29.2. The minimum atomic E-state index is -1.25. The monoisotopic (exact) mass is 581 g/mol. The van der Waals surface area contributed by atoms with Crippen LogP contribution in [0, 0.1) is 5.82 Å². The van der Waals surface area contributed by atoms with E-state index >= 15 is 4.39 Å². The van der Waals surface area contributed by atoms with Gasteiger partial charge in [-0.05, 0) is 56.3 Å². The third-order valence-electron chi connectivity index (χ3n) is 7.38. The zero-order valence-electron chi connectivity index (χ0n) is 23.9. The smallest absolute Gasteiger partial charge is 0.231 e. The summed E-state index contributed by atoms with van der Waals surface area (Å²) in [6.07, 6.45) is 3.78. The fourth-order valence-electron chi connectivity index (χ4n) is 5.17. The largest absolute Gasteiger partial charge is 0.383 e. The van der Waals surface area contributed by atoms with Crippen molar-refractivity contribution in [1.82, 2.24) is 19.9 Å². The van der Waals surface area contributed by atoms with Gasteiger partial charge >= 0.3 is 0 Å². The number of methoxy groups -OCH3 is 1. The summed E-state index contributed by atoms with van der Waals surface area (Å²) in [5.74, 6) is 0.665. The summed E-state index contributed by atoms with van der Waals surface area (Å²) >= 11 is 0. The molecule has 10 nitrogen and oxygen atoms in total. The molecule has 2 aromatic heterocycles. The lowest BCUT2D eigenvalue weighted by Gasteiger charge is -2.38. The number of nitrogens with zero attached hydrogens (tertiary/aromatic N) is 4. The summed E-state index contributed by atoms with van der Waals surface area (Å²) in [4.78, 5) is 16.9. The number of para-hydroxylation sites is 1. The fourth-order valence-corrected chi connectivity index (χ4v) is 6.24. The Morgan fingerprint density at radius 1 is 1.05 bits per heavy atom. The van der Waals surface area contributed by atoms with E-state index in [-0.39, 0.29) is 5.82 Å². The normalized spacial score (nSPS) is 14.4. The molecule has 0 saturated carbocycles. The van der Waals surface area contributed by atoms with E-state index in [1.165, 1.54) is 6.07 Å². The third-order valence-corrected chi connectivity index (χ3v) is 8.83. The summed E-state index contributed by atoms with van der Waals surface area (Å²) < 4.78 is 31.6. The van der Waals surface area contributed by atoms with E-state index in [9.17, 15) is 0 Å². The number of aromatic nitrogens is 3. The fraction of sp³-hybridized carbons (Fsp3) is 0.379. The molecule has 0 aliphatic carbocycles. The summed E-state index contributed by atoms with van der Waals surface area (Å²) in [6.45, 7) is 3.23. The highest BCUT2D eigenvalue weighted by Gasteiger charge is 2.24. The number of ether oxygens (including phenoxy) is 1. The zero-order valence-corrected chi connectivity index (χ0v) is 24.7. The van der Waals surface area contributed by atoms with Crippen molar-refractivity contribution in [3.8, 4) is 0 Å². The van der Waals surface area contributed by atoms with Gasteiger partial charge in [0.25, 0.3) is 0 Å². The van der Waals surface area contributed by atoms with Crippen molar-refractivity contribution in [3.05, 3.63) is 60.5 Å². The number of nitrogens with one attached hydrogen (secondary N) is 3. The molecule has 0 bridgehead atoms. The van der Waals surface area contributed by atoms with Crippen molar-refractivity contribution in [3.63, 3.8) is 0 Å². The average molecular weight is 582 g/mol. The van der Waals surface area contributed by atoms with E-state index < -0.39 is 8.38 Å². The molecule has 0 spiro atoms. The van der Waals surface area contributed by atoms with E-state index in [1.54, 1.807) is 21.3 Å². The van der Waals surface area contributed by atoms with Crippen LogP contribution in [-0.2, 0) is 13.8 Å². The lowest BCUT2D eigenvalue weighted by atomic mass is 10.0. The number of halogens is 1. The standard InChI is InChI=1S/C29H37FN7O3P/c1-36(17-18-38-2)21-12-15-37(16-13-21)25-10-9-20(19-23(25)30)32-29-34-27-22(11-14-31-27)28(35-29)33-24-7-5-6-8-26(24)41(39-3)40-4/h5-11,14,19,21H,12-13,15-18H2,1-4H3,(H3,31,32,33,34,35). The number of anilines is 5. The number of likely N-dealkylation sites (N-methyl/N-ethyl adjacent to an activating group) is 1. The van der Waals surface area contributed by atoms with Crippen LogP contribution in [0.4, 0.5) is 33.2 Å². The Balaban J connectivity index is 1.31. The first-order valence-corrected chi connectivity index (χ1v) is 14.8. The molecule has 41 heavy (non-hydrogen) atoms. The molecule has 4 aromatic rings. The van der Waals surface area contributed by atoms with Crippen LogP contribution in [0.25, 0.3) is 11.0 Å². The maximum absolute atomic E-state index is 15.3. The van der Waals surface area contributed by atoms with Gasteiger partial charge in [-0.1, -0.05) is 12.1 Å². The number of hydrogen-bond donors (Lipinski definition) is 3. The van der Waals surface area contributed by atoms with E-state index in [0.29, 0.717) is 41.4 Å². The maximum atomic E-state index is 15.3. The number of H-pyrrole nitrogens is 1. The SMILES string of the molecule is COCCN(C)C1CCN(c2ccc(Nc3nc(Nc4ccccc4P(OC)OC)c4cc[nH]c4n3)cc2F)CC1. The summed E-state index contributed by atoms with van der Waals surface area (Å²) in [5, 5.41) is 8.31. The number of rotatable bonds is 12. The lowest BCUT2D eigenvalue weighted by Crippen LogP contribution is -2.44. The highest BCUT2D eigenvalue weighted by atomic mass is 31.2. The van der Waals surface area contributed by atoms with Crippen LogP contribution in [0.2, 0.25) is 0 Å². The van der Waals surface area contributed by atoms with Gasteiger partial charge in [-0.3, -0.25) is 0 Å². The molecule has 5 rings (SSSR count). The summed E-state index contributed by atoms with van der Waals surface area (Å²) in [6, 6.07) is 15.4. The zero-order chi connectivity index (χ0) is 28.8. The van der Waals surface area contributed by atoms with Crippen LogP contribution in [-0.4, -0.2) is 80.5 Å². The molecule has 2 aromatic carbocycles. The Bertz CT molecular complexity index is 1440. The van der Waals surface area contributed by atoms with Gasteiger partial charge in [0.1, 0.15) is 17.3 Å². The number of fused-ring (bicyclic) bond motifs is 1. The van der Waals surface area contributed by atoms with E-state index in [2.05, 4.69) is 37.4 Å². The van der Waals surface area contributed by atoms with Crippen molar-refractivity contribution in [2.24, 2.45) is 0 Å². The Morgan fingerprint density at radius 3 is 2.56 bits per heavy atom. The van der Waals surface area contributed by atoms with E-state index in [1.807, 2.05) is 48.7 Å². The summed E-state index contributed by atoms with van der Waals surface area (Å²) in [5.41, 5.74) is 2.65. The maximum Gasteiger partial charge on any atom is 0.231 e. The average Bonchev–Trinajstić information content (AvgIpc) is 3.47. The van der Waals surface area contributed by atoms with Crippen molar-refractivity contribution in [1.29, 1.82) is 0 Å². The molecule has 0 radical (unpaired) electrons. The molecule has 1 saturated heterocycles. The molecule has 12 heteroatoms. The molecule has 0 unspecified atom stereocenters. The molecule has 218 valence electrons. The minimum Gasteiger partial charge on any atom is -0.383 e. The van der Waals surface area contributed by atoms with Crippen molar-refractivity contribution in [2.45, 2.75) is 18.9 Å². The van der Waals surface area contributed by atoms with Gasteiger partial charge in [-0.25, -0.2) is 4.39 Å². The topological polar surface area (TPSA) is 99.8 Å². The highest BCUT2D eigenvalue weighted by molar-refractivity contribution is 7.56. The Labute approximate surface area is 241 Å². The predicted octanol–water partition coefficient (Wildman–Crippen LogP) is 5.36. The van der Waals surface area contributed by atoms with Gasteiger partial charge in [0, 0.05) is 58.9 Å². The van der Waals surface area contributed by atoms with Crippen molar-refractivity contribution >= 4 is 53.5 Å². The number of hydrogen-bond acceptors (Lipinski definition) is 9. The Morgan fingerprint density at radius 2 is 1.83 bits per heavy atom. The molecule has 3 N–H and O–H groups in total. The summed E-state index contributed by atoms with van der Waals surface area (Å²) in [7, 11) is 5.85. The van der Waals surface area contributed by atoms with E-state index in [0.717, 1.165) is 48.9 Å². The quantitative estimate of drug-likeness (QED) is 0.191. The van der Waals surface area contributed by atoms with Crippen LogP contribution < -0.4 is 20.8 Å². The molecule has 0 atom stereocenters. The van der Waals surface area contributed by atoms with Gasteiger partial charge in [-0.2, -0.15) is 9.97 Å². The third kappa shape index (κ3) is 6.77. The number of piperidine rings is 1. The molecular formula is C29H37FN7O3P. The number of aromatic amines is 1. The van der Waals surface area contributed by atoms with E-state index in [4.69, 9.17) is 18.8 Å². The number of benzene rings is 2. The lowest BCUT2D eigenvalue weighted by molar-refractivity contribution is 0.128. The van der Waals surface area contributed by atoms with Crippen LogP contribution in [0.1, 0.15) is 12.8 Å². The Kier molecular flexibility index (Phi) is 9.64. The molecule has 0 amide bonds. The predicted molar refractivity (Wildman–Crippen MR) is 164 cm³/mol. The van der Waals surface area contributed by atoms with Gasteiger partial charge in [0.05, 0.1) is 28.7 Å². The first-order valence-electron chi connectivity index (χ1n) is 13.6. The van der Waals surface area contributed by atoms with Gasteiger partial charge in [0.2, 0.25) is 14.3 Å². The van der Waals surface area contributed by atoms with Crippen LogP contribution in [0.5, 0.6) is 0 Å². The first-order chi connectivity index (χ1) is 20.0. The highest BCUT2D eigenvalue weighted by Crippen LogP contribution is 2.38. The van der Waals surface area contributed by atoms with Crippen LogP contribution >= 0.6 is 8.38 Å². The van der Waals surface area contributed by atoms with Crippen LogP contribution in [0.15, 0.2) is 54.7 Å². The Hall–Kier alpha value is -3.34. The second-order valence-corrected chi connectivity index (χ2v) is 11.6.